The maximum absolute atomic E-state index is 13.1. The van der Waals surface area contributed by atoms with Gasteiger partial charge >= 0.3 is 0 Å². The van der Waals surface area contributed by atoms with Crippen LogP contribution in [-0.4, -0.2) is 10.5 Å². The van der Waals surface area contributed by atoms with Crippen molar-refractivity contribution in [1.82, 2.24) is 4.57 Å². The van der Waals surface area contributed by atoms with Crippen molar-refractivity contribution in [3.63, 3.8) is 0 Å². The van der Waals surface area contributed by atoms with E-state index >= 15 is 0 Å². The van der Waals surface area contributed by atoms with E-state index in [2.05, 4.69) is 12.2 Å². The third kappa shape index (κ3) is 3.05. The maximum Gasteiger partial charge on any atom is 0.261 e. The number of hydrogen-bond donors (Lipinski definition) is 1. The molecule has 1 N–H and O–H groups in total. The predicted molar refractivity (Wildman–Crippen MR) is 118 cm³/mol. The molecule has 3 aromatic carbocycles. The number of anilines is 1. The van der Waals surface area contributed by atoms with Gasteiger partial charge in [0.1, 0.15) is 11.3 Å². The number of carbonyl (C=O) groups is 1. The van der Waals surface area contributed by atoms with E-state index in [9.17, 15) is 9.59 Å². The standard InChI is InChI=1S/C25H20N2O3/c1-16-14-17-8-7-11-19-23(17)27(16)15-20(24(19)28)25(29)26-21-12-5-6-13-22(21)30-18-9-3-2-4-10-18/h2-13,15-16H,14H2,1H3,(H,26,29)/t16-/m1/s1. The fourth-order valence-electron chi connectivity index (χ4n) is 4.04. The predicted octanol–water partition coefficient (Wildman–Crippen LogP) is 5.16. The van der Waals surface area contributed by atoms with Crippen molar-refractivity contribution in [2.75, 3.05) is 5.32 Å². The number of carbonyl (C=O) groups excluding carboxylic acids is 1. The first kappa shape index (κ1) is 18.2. The van der Waals surface area contributed by atoms with Crippen LogP contribution in [0.4, 0.5) is 5.69 Å². The Bertz CT molecular complexity index is 1330. The monoisotopic (exact) mass is 396 g/mol. The van der Waals surface area contributed by atoms with Crippen molar-refractivity contribution in [2.24, 2.45) is 0 Å². The first-order chi connectivity index (χ1) is 14.6. The van der Waals surface area contributed by atoms with E-state index in [1.165, 1.54) is 0 Å². The molecule has 1 aromatic heterocycles. The number of nitrogens with one attached hydrogen (secondary N) is 1. The van der Waals surface area contributed by atoms with Gasteiger partial charge in [0.05, 0.1) is 11.2 Å². The highest BCUT2D eigenvalue weighted by atomic mass is 16.5. The van der Waals surface area contributed by atoms with Gasteiger partial charge in [0.15, 0.2) is 5.75 Å². The van der Waals surface area contributed by atoms with Crippen LogP contribution in [0, 0.1) is 0 Å². The van der Waals surface area contributed by atoms with Crippen LogP contribution in [-0.2, 0) is 6.42 Å². The fraction of sp³-hybridized carbons (Fsp3) is 0.120. The topological polar surface area (TPSA) is 60.3 Å². The number of pyridine rings is 1. The SMILES string of the molecule is C[C@@H]1Cc2cccc3c(=O)c(C(=O)Nc4ccccc4Oc4ccccc4)cn1c23. The molecule has 1 amide bonds. The molecule has 0 radical (unpaired) electrons. The van der Waals surface area contributed by atoms with Gasteiger partial charge in [-0.15, -0.1) is 0 Å². The summed E-state index contributed by atoms with van der Waals surface area (Å²) in [6, 6.07) is 22.5. The van der Waals surface area contributed by atoms with Gasteiger partial charge < -0.3 is 14.6 Å². The largest absolute Gasteiger partial charge is 0.455 e. The number of rotatable bonds is 4. The fourth-order valence-corrected chi connectivity index (χ4v) is 4.04. The third-order valence-electron chi connectivity index (χ3n) is 5.48. The Kier molecular flexibility index (Phi) is 4.36. The van der Waals surface area contributed by atoms with Crippen LogP contribution in [0.25, 0.3) is 10.9 Å². The van der Waals surface area contributed by atoms with Gasteiger partial charge in [-0.3, -0.25) is 9.59 Å². The summed E-state index contributed by atoms with van der Waals surface area (Å²) in [7, 11) is 0. The second-order valence-electron chi connectivity index (χ2n) is 7.51. The molecule has 0 spiro atoms. The van der Waals surface area contributed by atoms with Gasteiger partial charge in [-0.05, 0) is 49.2 Å². The molecule has 0 fully saturated rings. The van der Waals surface area contributed by atoms with Gasteiger partial charge in [-0.1, -0.05) is 42.5 Å². The van der Waals surface area contributed by atoms with Crippen molar-refractivity contribution in [1.29, 1.82) is 0 Å². The second kappa shape index (κ2) is 7.19. The molecule has 1 atom stereocenters. The van der Waals surface area contributed by atoms with Gasteiger partial charge in [-0.2, -0.15) is 0 Å². The van der Waals surface area contributed by atoms with Crippen LogP contribution in [0.1, 0.15) is 28.9 Å². The highest BCUT2D eigenvalue weighted by Gasteiger charge is 2.24. The molecule has 5 nitrogen and oxygen atoms in total. The number of hydrogen-bond acceptors (Lipinski definition) is 3. The van der Waals surface area contributed by atoms with E-state index in [-0.39, 0.29) is 17.0 Å². The minimum Gasteiger partial charge on any atom is -0.455 e. The van der Waals surface area contributed by atoms with Gasteiger partial charge in [0.2, 0.25) is 5.43 Å². The molecular formula is C25H20N2O3. The zero-order valence-electron chi connectivity index (χ0n) is 16.5. The Labute approximate surface area is 173 Å². The van der Waals surface area contributed by atoms with Gasteiger partial charge in [0, 0.05) is 17.6 Å². The van der Waals surface area contributed by atoms with E-state index in [4.69, 9.17) is 4.74 Å². The number of ether oxygens (including phenoxy) is 1. The third-order valence-corrected chi connectivity index (χ3v) is 5.48. The molecule has 0 saturated heterocycles. The first-order valence-electron chi connectivity index (χ1n) is 9.92. The molecule has 5 rings (SSSR count). The van der Waals surface area contributed by atoms with Crippen molar-refractivity contribution >= 4 is 22.5 Å². The minimum atomic E-state index is -0.445. The van der Waals surface area contributed by atoms with Crippen LogP contribution in [0.2, 0.25) is 0 Å². The second-order valence-corrected chi connectivity index (χ2v) is 7.51. The summed E-state index contributed by atoms with van der Waals surface area (Å²) >= 11 is 0. The molecular weight excluding hydrogens is 376 g/mol. The Hall–Kier alpha value is -3.86. The summed E-state index contributed by atoms with van der Waals surface area (Å²) in [5.41, 5.74) is 2.46. The Morgan fingerprint density at radius 1 is 1.00 bits per heavy atom. The number of nitrogens with zero attached hydrogens (tertiary/aromatic N) is 1. The number of para-hydroxylation sites is 4. The Morgan fingerprint density at radius 2 is 1.77 bits per heavy atom. The molecule has 2 heterocycles. The highest BCUT2D eigenvalue weighted by Crippen LogP contribution is 2.32. The van der Waals surface area contributed by atoms with Gasteiger partial charge in [-0.25, -0.2) is 0 Å². The molecule has 0 saturated carbocycles. The molecule has 4 aromatic rings. The van der Waals surface area contributed by atoms with Crippen molar-refractivity contribution in [3.8, 4) is 11.5 Å². The van der Waals surface area contributed by atoms with E-state index in [0.29, 0.717) is 22.6 Å². The van der Waals surface area contributed by atoms with Crippen LogP contribution in [0.3, 0.4) is 0 Å². The molecule has 30 heavy (non-hydrogen) atoms. The van der Waals surface area contributed by atoms with Crippen molar-refractivity contribution in [3.05, 3.63) is 100 Å². The highest BCUT2D eigenvalue weighted by molar-refractivity contribution is 6.06. The lowest BCUT2D eigenvalue weighted by molar-refractivity contribution is 0.102. The number of benzene rings is 3. The Morgan fingerprint density at radius 3 is 2.60 bits per heavy atom. The number of amides is 1. The molecule has 0 bridgehead atoms. The zero-order chi connectivity index (χ0) is 20.7. The number of aromatic nitrogens is 1. The summed E-state index contributed by atoms with van der Waals surface area (Å²) in [4.78, 5) is 26.2. The van der Waals surface area contributed by atoms with Crippen LogP contribution >= 0.6 is 0 Å². The average molecular weight is 396 g/mol. The zero-order valence-corrected chi connectivity index (χ0v) is 16.5. The van der Waals surface area contributed by atoms with Crippen LogP contribution in [0.15, 0.2) is 83.8 Å². The summed E-state index contributed by atoms with van der Waals surface area (Å²) in [6.45, 7) is 2.09. The lowest BCUT2D eigenvalue weighted by atomic mass is 10.1. The van der Waals surface area contributed by atoms with Crippen LogP contribution < -0.4 is 15.5 Å². The van der Waals surface area contributed by atoms with E-state index in [1.54, 1.807) is 24.4 Å². The van der Waals surface area contributed by atoms with E-state index in [0.717, 1.165) is 17.5 Å². The maximum atomic E-state index is 13.1. The summed E-state index contributed by atoms with van der Waals surface area (Å²) < 4.78 is 7.95. The molecule has 1 aliphatic heterocycles. The van der Waals surface area contributed by atoms with Crippen molar-refractivity contribution in [2.45, 2.75) is 19.4 Å². The molecule has 148 valence electrons. The Balaban J connectivity index is 1.52. The lowest BCUT2D eigenvalue weighted by Gasteiger charge is -2.14. The van der Waals surface area contributed by atoms with Crippen molar-refractivity contribution < 1.29 is 9.53 Å². The van der Waals surface area contributed by atoms with E-state index in [1.807, 2.05) is 59.2 Å². The van der Waals surface area contributed by atoms with E-state index < -0.39 is 5.91 Å². The molecule has 5 heteroatoms. The first-order valence-corrected chi connectivity index (χ1v) is 9.92. The minimum absolute atomic E-state index is 0.128. The average Bonchev–Trinajstić information content (AvgIpc) is 3.08. The summed E-state index contributed by atoms with van der Waals surface area (Å²) in [6.07, 6.45) is 2.54. The lowest BCUT2D eigenvalue weighted by Crippen LogP contribution is -2.24. The van der Waals surface area contributed by atoms with Gasteiger partial charge in [0.25, 0.3) is 5.91 Å². The molecule has 0 unspecified atom stereocenters. The normalized spacial score (nSPS) is 14.6. The van der Waals surface area contributed by atoms with Crippen LogP contribution in [0.5, 0.6) is 11.5 Å². The quantitative estimate of drug-likeness (QED) is 0.518. The summed E-state index contributed by atoms with van der Waals surface area (Å²) in [5.74, 6) is 0.733. The summed E-state index contributed by atoms with van der Waals surface area (Å²) in [5, 5.41) is 3.44. The molecule has 1 aliphatic rings. The molecule has 0 aliphatic carbocycles. The smallest absolute Gasteiger partial charge is 0.261 e.